The van der Waals surface area contributed by atoms with Gasteiger partial charge < -0.3 is 4.90 Å². The quantitative estimate of drug-likeness (QED) is 0.785. The van der Waals surface area contributed by atoms with Crippen molar-refractivity contribution in [3.8, 4) is 0 Å². The summed E-state index contributed by atoms with van der Waals surface area (Å²) in [6.07, 6.45) is 6.42. The predicted molar refractivity (Wildman–Crippen MR) is 96.9 cm³/mol. The highest BCUT2D eigenvalue weighted by molar-refractivity contribution is 6.01. The molecule has 2 aromatic carbocycles. The van der Waals surface area contributed by atoms with Crippen molar-refractivity contribution in [1.82, 2.24) is 4.90 Å². The first-order valence-electron chi connectivity index (χ1n) is 8.68. The van der Waals surface area contributed by atoms with Crippen LogP contribution in [0.5, 0.6) is 0 Å². The molecule has 0 aromatic heterocycles. The van der Waals surface area contributed by atoms with Crippen LogP contribution in [0.25, 0.3) is 6.08 Å². The lowest BCUT2D eigenvalue weighted by molar-refractivity contribution is -0.124. The molecular formula is C22H21NO. The Morgan fingerprint density at radius 2 is 1.46 bits per heavy atom. The van der Waals surface area contributed by atoms with Gasteiger partial charge in [-0.1, -0.05) is 60.7 Å². The number of hydrogen-bond acceptors (Lipinski definition) is 1. The molecule has 1 heterocycles. The second kappa shape index (κ2) is 6.48. The lowest BCUT2D eigenvalue weighted by Gasteiger charge is -2.20. The van der Waals surface area contributed by atoms with Crippen LogP contribution in [0.3, 0.4) is 0 Å². The zero-order valence-electron chi connectivity index (χ0n) is 13.7. The van der Waals surface area contributed by atoms with Gasteiger partial charge in [-0.3, -0.25) is 4.79 Å². The van der Waals surface area contributed by atoms with Crippen molar-refractivity contribution < 1.29 is 4.79 Å². The minimum atomic E-state index is 0.204. The fourth-order valence-corrected chi connectivity index (χ4v) is 3.65. The molecule has 24 heavy (non-hydrogen) atoms. The Hall–Kier alpha value is -2.61. The van der Waals surface area contributed by atoms with E-state index < -0.39 is 0 Å². The molecule has 1 aliphatic heterocycles. The van der Waals surface area contributed by atoms with E-state index in [0.29, 0.717) is 6.54 Å². The van der Waals surface area contributed by atoms with Gasteiger partial charge in [0.05, 0.1) is 6.54 Å². The van der Waals surface area contributed by atoms with Gasteiger partial charge in [-0.15, -0.1) is 0 Å². The van der Waals surface area contributed by atoms with E-state index in [0.717, 1.165) is 36.1 Å². The smallest absolute Gasteiger partial charge is 0.254 e. The van der Waals surface area contributed by atoms with Crippen molar-refractivity contribution in [2.75, 3.05) is 0 Å². The summed E-state index contributed by atoms with van der Waals surface area (Å²) in [7, 11) is 0. The summed E-state index contributed by atoms with van der Waals surface area (Å²) in [4.78, 5) is 14.9. The number of nitrogens with zero attached hydrogens (tertiary/aromatic N) is 1. The average molecular weight is 315 g/mol. The van der Waals surface area contributed by atoms with Crippen LogP contribution < -0.4 is 0 Å². The molecule has 0 saturated carbocycles. The van der Waals surface area contributed by atoms with Gasteiger partial charge in [0, 0.05) is 11.3 Å². The molecule has 0 fully saturated rings. The highest BCUT2D eigenvalue weighted by atomic mass is 16.2. The Morgan fingerprint density at radius 1 is 0.833 bits per heavy atom. The fourth-order valence-electron chi connectivity index (χ4n) is 3.65. The van der Waals surface area contributed by atoms with Crippen LogP contribution in [0.2, 0.25) is 0 Å². The maximum Gasteiger partial charge on any atom is 0.254 e. The normalized spacial score (nSPS) is 19.1. The lowest BCUT2D eigenvalue weighted by Crippen LogP contribution is -2.25. The number of amides is 1. The maximum atomic E-state index is 13.0. The third-order valence-electron chi connectivity index (χ3n) is 4.86. The van der Waals surface area contributed by atoms with E-state index >= 15 is 0 Å². The first-order chi connectivity index (χ1) is 11.8. The summed E-state index contributed by atoms with van der Waals surface area (Å²) in [5.41, 5.74) is 5.73. The molecule has 1 aliphatic carbocycles. The van der Waals surface area contributed by atoms with Gasteiger partial charge in [0.25, 0.3) is 5.91 Å². The SMILES string of the molecule is O=C1C2=C(CCCC2)/C(=C/c2ccccc2)N1Cc1ccccc1. The van der Waals surface area contributed by atoms with Gasteiger partial charge in [-0.2, -0.15) is 0 Å². The third-order valence-corrected chi connectivity index (χ3v) is 4.86. The Labute approximate surface area is 143 Å². The molecule has 0 N–H and O–H groups in total. The lowest BCUT2D eigenvalue weighted by atomic mass is 9.92. The molecule has 0 unspecified atom stereocenters. The summed E-state index contributed by atoms with van der Waals surface area (Å²) in [5, 5.41) is 0. The minimum Gasteiger partial charge on any atom is -0.304 e. The van der Waals surface area contributed by atoms with Crippen LogP contribution in [0.4, 0.5) is 0 Å². The summed E-state index contributed by atoms with van der Waals surface area (Å²) in [6.45, 7) is 0.644. The molecule has 2 heteroatoms. The average Bonchev–Trinajstić information content (AvgIpc) is 2.90. The van der Waals surface area contributed by atoms with Crippen LogP contribution in [-0.2, 0) is 11.3 Å². The van der Waals surface area contributed by atoms with E-state index in [1.54, 1.807) is 0 Å². The first-order valence-corrected chi connectivity index (χ1v) is 8.68. The first kappa shape index (κ1) is 14.9. The standard InChI is InChI=1S/C22H21NO/c24-22-20-14-8-7-13-19(20)21(15-17-9-3-1-4-10-17)23(22)16-18-11-5-2-6-12-18/h1-6,9-12,15H,7-8,13-14,16H2/b21-15-. The zero-order chi connectivity index (χ0) is 16.4. The van der Waals surface area contributed by atoms with Gasteiger partial charge in [0.2, 0.25) is 0 Å². The van der Waals surface area contributed by atoms with Gasteiger partial charge >= 0.3 is 0 Å². The third kappa shape index (κ3) is 2.80. The molecule has 0 saturated heterocycles. The molecule has 0 spiro atoms. The number of rotatable bonds is 3. The van der Waals surface area contributed by atoms with Crippen molar-refractivity contribution in [2.24, 2.45) is 0 Å². The van der Waals surface area contributed by atoms with E-state index in [9.17, 15) is 4.79 Å². The summed E-state index contributed by atoms with van der Waals surface area (Å²) in [6, 6.07) is 20.6. The van der Waals surface area contributed by atoms with Crippen LogP contribution in [0.1, 0.15) is 36.8 Å². The highest BCUT2D eigenvalue weighted by Crippen LogP contribution is 2.40. The Morgan fingerprint density at radius 3 is 2.17 bits per heavy atom. The van der Waals surface area contributed by atoms with Crippen LogP contribution in [-0.4, -0.2) is 10.8 Å². The Kier molecular flexibility index (Phi) is 4.04. The fraction of sp³-hybridized carbons (Fsp3) is 0.227. The van der Waals surface area contributed by atoms with Crippen molar-refractivity contribution in [2.45, 2.75) is 32.2 Å². The summed E-state index contributed by atoms with van der Waals surface area (Å²) in [5.74, 6) is 0.204. The van der Waals surface area contributed by atoms with E-state index in [2.05, 4.69) is 30.3 Å². The van der Waals surface area contributed by atoms with Crippen molar-refractivity contribution in [3.63, 3.8) is 0 Å². The maximum absolute atomic E-state index is 13.0. The molecule has 4 rings (SSSR count). The van der Waals surface area contributed by atoms with E-state index in [1.165, 1.54) is 17.6 Å². The summed E-state index contributed by atoms with van der Waals surface area (Å²) < 4.78 is 0. The number of carbonyl (C=O) groups is 1. The zero-order valence-corrected chi connectivity index (χ0v) is 13.7. The number of benzene rings is 2. The molecule has 2 nitrogen and oxygen atoms in total. The molecule has 0 radical (unpaired) electrons. The van der Waals surface area contributed by atoms with E-state index in [-0.39, 0.29) is 5.91 Å². The second-order valence-electron chi connectivity index (χ2n) is 6.48. The molecule has 120 valence electrons. The number of allylic oxidation sites excluding steroid dienone is 1. The topological polar surface area (TPSA) is 20.3 Å². The molecule has 0 bridgehead atoms. The van der Waals surface area contributed by atoms with Gasteiger partial charge in [-0.05, 0) is 48.5 Å². The Bertz CT molecular complexity index is 802. The largest absolute Gasteiger partial charge is 0.304 e. The van der Waals surface area contributed by atoms with E-state index in [1.807, 2.05) is 41.3 Å². The molecule has 2 aromatic rings. The van der Waals surface area contributed by atoms with Gasteiger partial charge in [0.1, 0.15) is 0 Å². The number of hydrogen-bond donors (Lipinski definition) is 0. The van der Waals surface area contributed by atoms with Crippen LogP contribution in [0, 0.1) is 0 Å². The van der Waals surface area contributed by atoms with Gasteiger partial charge in [0.15, 0.2) is 0 Å². The molecule has 1 amide bonds. The van der Waals surface area contributed by atoms with Crippen molar-refractivity contribution >= 4 is 12.0 Å². The minimum absolute atomic E-state index is 0.204. The van der Waals surface area contributed by atoms with Crippen molar-refractivity contribution in [1.29, 1.82) is 0 Å². The van der Waals surface area contributed by atoms with E-state index in [4.69, 9.17) is 0 Å². The Balaban J connectivity index is 1.74. The second-order valence-corrected chi connectivity index (χ2v) is 6.48. The van der Waals surface area contributed by atoms with Crippen LogP contribution in [0.15, 0.2) is 77.5 Å². The molecule has 2 aliphatic rings. The van der Waals surface area contributed by atoms with Crippen molar-refractivity contribution in [3.05, 3.63) is 88.6 Å². The number of carbonyl (C=O) groups excluding carboxylic acids is 1. The molecular weight excluding hydrogens is 294 g/mol. The molecule has 0 atom stereocenters. The summed E-state index contributed by atoms with van der Waals surface area (Å²) >= 11 is 0. The monoisotopic (exact) mass is 315 g/mol. The van der Waals surface area contributed by atoms with Crippen LogP contribution >= 0.6 is 0 Å². The highest BCUT2D eigenvalue weighted by Gasteiger charge is 2.35. The van der Waals surface area contributed by atoms with Gasteiger partial charge in [-0.25, -0.2) is 0 Å². The predicted octanol–water partition coefficient (Wildman–Crippen LogP) is 4.94.